The van der Waals surface area contributed by atoms with E-state index in [4.69, 9.17) is 0 Å². The lowest BCUT2D eigenvalue weighted by atomic mass is 9.94. The van der Waals surface area contributed by atoms with Crippen LogP contribution in [-0.2, 0) is 23.2 Å². The monoisotopic (exact) mass is 367 g/mol. The summed E-state index contributed by atoms with van der Waals surface area (Å²) in [5.74, 6) is -0.264. The Labute approximate surface area is 146 Å². The van der Waals surface area contributed by atoms with Crippen molar-refractivity contribution in [2.45, 2.75) is 37.4 Å². The van der Waals surface area contributed by atoms with Crippen LogP contribution >= 0.6 is 11.3 Å². The number of amides is 1. The maximum atomic E-state index is 13.1. The summed E-state index contributed by atoms with van der Waals surface area (Å²) >= 11 is 1.25. The number of aldehydes is 1. The molecule has 1 amide bonds. The van der Waals surface area contributed by atoms with Crippen LogP contribution in [0.3, 0.4) is 0 Å². The molecule has 7 heteroatoms. The second-order valence-electron chi connectivity index (χ2n) is 6.10. The maximum absolute atomic E-state index is 13.1. The highest BCUT2D eigenvalue weighted by atomic mass is 32.1. The lowest BCUT2D eigenvalue weighted by Crippen LogP contribution is -2.28. The molecule has 1 N–H and O–H groups in total. The zero-order chi connectivity index (χ0) is 18.1. The van der Waals surface area contributed by atoms with Gasteiger partial charge in [-0.2, -0.15) is 13.2 Å². The Hall–Kier alpha value is -2.15. The SMILES string of the molecule is O=CCc1ccc(C(=O)NCc2ccc(C3(C(F)(F)F)CC3)cc2)s1. The Balaban J connectivity index is 1.60. The quantitative estimate of drug-likeness (QED) is 0.784. The lowest BCUT2D eigenvalue weighted by molar-refractivity contribution is -0.160. The number of nitrogens with one attached hydrogen (secondary N) is 1. The van der Waals surface area contributed by atoms with Gasteiger partial charge in [-0.05, 0) is 36.1 Å². The van der Waals surface area contributed by atoms with Crippen molar-refractivity contribution in [3.63, 3.8) is 0 Å². The Bertz CT molecular complexity index is 776. The highest BCUT2D eigenvalue weighted by molar-refractivity contribution is 7.14. The van der Waals surface area contributed by atoms with Gasteiger partial charge in [0.1, 0.15) is 6.29 Å². The zero-order valence-electron chi connectivity index (χ0n) is 13.2. The molecule has 3 rings (SSSR count). The summed E-state index contributed by atoms with van der Waals surface area (Å²) in [7, 11) is 0. The van der Waals surface area contributed by atoms with Gasteiger partial charge in [-0.25, -0.2) is 0 Å². The van der Waals surface area contributed by atoms with E-state index in [1.54, 1.807) is 24.3 Å². The van der Waals surface area contributed by atoms with Crippen molar-refractivity contribution >= 4 is 23.5 Å². The van der Waals surface area contributed by atoms with Crippen LogP contribution in [0.2, 0.25) is 0 Å². The standard InChI is InChI=1S/C18H16F3NO2S/c19-18(20,21)17(8-9-17)13-3-1-12(2-4-13)11-22-16(24)15-6-5-14(25-15)7-10-23/h1-6,10H,7-9,11H2,(H,22,24). The van der Waals surface area contributed by atoms with Gasteiger partial charge in [0, 0.05) is 17.8 Å². The summed E-state index contributed by atoms with van der Waals surface area (Å²) in [5.41, 5.74) is -0.660. The second kappa shape index (κ2) is 6.63. The number of rotatable bonds is 6. The van der Waals surface area contributed by atoms with Crippen molar-refractivity contribution in [2.24, 2.45) is 0 Å². The molecule has 1 aromatic carbocycles. The van der Waals surface area contributed by atoms with Crippen LogP contribution in [0.25, 0.3) is 0 Å². The number of benzene rings is 1. The summed E-state index contributed by atoms with van der Waals surface area (Å²) < 4.78 is 39.3. The second-order valence-corrected chi connectivity index (χ2v) is 7.26. The fraction of sp³-hybridized carbons (Fsp3) is 0.333. The molecule has 1 aliphatic carbocycles. The molecule has 3 nitrogen and oxygen atoms in total. The van der Waals surface area contributed by atoms with Crippen molar-refractivity contribution in [2.75, 3.05) is 0 Å². The number of carbonyl (C=O) groups is 2. The van der Waals surface area contributed by atoms with E-state index in [1.165, 1.54) is 23.5 Å². The average molecular weight is 367 g/mol. The molecular formula is C18H16F3NO2S. The number of thiophene rings is 1. The molecular weight excluding hydrogens is 351 g/mol. The van der Waals surface area contributed by atoms with Crippen molar-refractivity contribution in [3.8, 4) is 0 Å². The summed E-state index contributed by atoms with van der Waals surface area (Å²) in [6, 6.07) is 9.61. The van der Waals surface area contributed by atoms with Crippen LogP contribution in [0.4, 0.5) is 13.2 Å². The molecule has 1 fully saturated rings. The molecule has 0 saturated heterocycles. The number of halogens is 3. The highest BCUT2D eigenvalue weighted by Gasteiger charge is 2.64. The van der Waals surface area contributed by atoms with Crippen LogP contribution in [0.5, 0.6) is 0 Å². The van der Waals surface area contributed by atoms with Crippen molar-refractivity contribution < 1.29 is 22.8 Å². The van der Waals surface area contributed by atoms with Gasteiger partial charge in [-0.15, -0.1) is 11.3 Å². The Morgan fingerprint density at radius 1 is 1.16 bits per heavy atom. The van der Waals surface area contributed by atoms with E-state index in [-0.39, 0.29) is 37.3 Å². The van der Waals surface area contributed by atoms with Gasteiger partial charge >= 0.3 is 6.18 Å². The van der Waals surface area contributed by atoms with Gasteiger partial charge in [0.2, 0.25) is 0 Å². The lowest BCUT2D eigenvalue weighted by Gasteiger charge is -2.19. The third-order valence-electron chi connectivity index (χ3n) is 4.42. The molecule has 0 radical (unpaired) electrons. The normalized spacial score (nSPS) is 15.6. The molecule has 0 aliphatic heterocycles. The van der Waals surface area contributed by atoms with Crippen LogP contribution in [0, 0.1) is 0 Å². The van der Waals surface area contributed by atoms with Crippen molar-refractivity contribution in [1.29, 1.82) is 0 Å². The van der Waals surface area contributed by atoms with E-state index in [2.05, 4.69) is 5.32 Å². The van der Waals surface area contributed by atoms with E-state index >= 15 is 0 Å². The molecule has 132 valence electrons. The minimum absolute atomic E-state index is 0.133. The number of hydrogen-bond acceptors (Lipinski definition) is 3. The fourth-order valence-electron chi connectivity index (χ4n) is 2.76. The largest absolute Gasteiger partial charge is 0.398 e. The van der Waals surface area contributed by atoms with E-state index in [0.29, 0.717) is 4.88 Å². The minimum atomic E-state index is -4.22. The van der Waals surface area contributed by atoms with Crippen molar-refractivity contribution in [1.82, 2.24) is 5.32 Å². The molecule has 1 aromatic heterocycles. The fourth-order valence-corrected chi connectivity index (χ4v) is 3.63. The third kappa shape index (κ3) is 3.61. The number of hydrogen-bond donors (Lipinski definition) is 1. The van der Waals surface area contributed by atoms with Crippen LogP contribution in [0.15, 0.2) is 36.4 Å². The average Bonchev–Trinajstić information content (AvgIpc) is 3.28. The van der Waals surface area contributed by atoms with Gasteiger partial charge in [0.25, 0.3) is 5.91 Å². The minimum Gasteiger partial charge on any atom is -0.347 e. The van der Waals surface area contributed by atoms with Crippen molar-refractivity contribution in [3.05, 3.63) is 57.3 Å². The molecule has 1 saturated carbocycles. The maximum Gasteiger partial charge on any atom is 0.398 e. The topological polar surface area (TPSA) is 46.2 Å². The summed E-state index contributed by atoms with van der Waals surface area (Å²) in [6.07, 6.45) is -2.90. The first-order chi connectivity index (χ1) is 11.9. The van der Waals surface area contributed by atoms with E-state index in [0.717, 1.165) is 16.7 Å². The molecule has 0 bridgehead atoms. The first-order valence-corrected chi connectivity index (χ1v) is 8.64. The summed E-state index contributed by atoms with van der Waals surface area (Å²) in [4.78, 5) is 23.8. The molecule has 25 heavy (non-hydrogen) atoms. The zero-order valence-corrected chi connectivity index (χ0v) is 14.0. The molecule has 1 heterocycles. The Morgan fingerprint density at radius 3 is 2.40 bits per heavy atom. The first-order valence-electron chi connectivity index (χ1n) is 7.82. The predicted molar refractivity (Wildman–Crippen MR) is 88.7 cm³/mol. The number of alkyl halides is 3. The van der Waals surface area contributed by atoms with Crippen LogP contribution in [-0.4, -0.2) is 18.4 Å². The van der Waals surface area contributed by atoms with E-state index < -0.39 is 11.6 Å². The third-order valence-corrected chi connectivity index (χ3v) is 5.53. The van der Waals surface area contributed by atoms with Gasteiger partial charge in [0.05, 0.1) is 10.3 Å². The molecule has 1 aliphatic rings. The summed E-state index contributed by atoms with van der Waals surface area (Å²) in [6.45, 7) is 0.235. The van der Waals surface area contributed by atoms with Gasteiger partial charge in [-0.3, -0.25) is 4.79 Å². The molecule has 2 aromatic rings. The van der Waals surface area contributed by atoms with Crippen LogP contribution < -0.4 is 5.32 Å². The number of carbonyl (C=O) groups excluding carboxylic acids is 2. The highest BCUT2D eigenvalue weighted by Crippen LogP contribution is 2.58. The molecule has 0 unspecified atom stereocenters. The predicted octanol–water partition coefficient (Wildman–Crippen LogP) is 4.01. The molecule has 0 atom stereocenters. The van der Waals surface area contributed by atoms with Crippen LogP contribution in [0.1, 0.15) is 38.5 Å². The van der Waals surface area contributed by atoms with Gasteiger partial charge < -0.3 is 10.1 Å². The van der Waals surface area contributed by atoms with Gasteiger partial charge in [-0.1, -0.05) is 24.3 Å². The first kappa shape index (κ1) is 17.7. The Morgan fingerprint density at radius 2 is 1.84 bits per heavy atom. The van der Waals surface area contributed by atoms with E-state index in [9.17, 15) is 22.8 Å². The smallest absolute Gasteiger partial charge is 0.347 e. The van der Waals surface area contributed by atoms with Gasteiger partial charge in [0.15, 0.2) is 0 Å². The summed E-state index contributed by atoms with van der Waals surface area (Å²) in [5, 5.41) is 2.74. The van der Waals surface area contributed by atoms with E-state index in [1.807, 2.05) is 0 Å². The Kier molecular flexibility index (Phi) is 4.69. The molecule has 0 spiro atoms.